The Labute approximate surface area is 276 Å². The number of hydrogen-bond donors (Lipinski definition) is 2. The molecule has 0 atom stereocenters. The van der Waals surface area contributed by atoms with Crippen LogP contribution >= 0.6 is 0 Å². The zero-order valence-electron chi connectivity index (χ0n) is 26.8. The van der Waals surface area contributed by atoms with Crippen LogP contribution in [0.15, 0.2) is 79.6 Å². The summed E-state index contributed by atoms with van der Waals surface area (Å²) in [7, 11) is 5.12. The lowest BCUT2D eigenvalue weighted by molar-refractivity contribution is 0.155. The molecule has 1 aliphatic heterocycles. The Morgan fingerprint density at radius 1 is 1.02 bits per heavy atom. The maximum Gasteiger partial charge on any atom is 0.413 e. The molecule has 1 aromatic carbocycles. The Bertz CT molecular complexity index is 2090. The van der Waals surface area contributed by atoms with Crippen LogP contribution in [-0.2, 0) is 24.9 Å². The van der Waals surface area contributed by atoms with Crippen LogP contribution in [-0.4, -0.2) is 67.7 Å². The van der Waals surface area contributed by atoms with Gasteiger partial charge in [0.1, 0.15) is 41.9 Å². The maximum absolute atomic E-state index is 12.7. The van der Waals surface area contributed by atoms with Gasteiger partial charge in [0.2, 0.25) is 0 Å². The summed E-state index contributed by atoms with van der Waals surface area (Å²) < 4.78 is 20.2. The molecule has 0 saturated carbocycles. The smallest absolute Gasteiger partial charge is 0.413 e. The number of methoxy groups -OCH3 is 2. The molecule has 244 valence electrons. The number of hydrogen-bond acceptors (Lipinski definition) is 11. The molecule has 6 aromatic rings. The summed E-state index contributed by atoms with van der Waals surface area (Å²) in [5.41, 5.74) is 4.62. The minimum absolute atomic E-state index is 0.0102. The third-order valence-corrected chi connectivity index (χ3v) is 8.09. The molecular formula is C34H34N10O4. The fraction of sp³-hybridized carbons (Fsp3) is 0.235. The maximum atomic E-state index is 12.7. The third kappa shape index (κ3) is 6.27. The van der Waals surface area contributed by atoms with Crippen molar-refractivity contribution in [2.24, 2.45) is 7.05 Å². The number of benzene rings is 1. The normalized spacial score (nSPS) is 12.4. The van der Waals surface area contributed by atoms with E-state index in [-0.39, 0.29) is 6.61 Å². The number of rotatable bonds is 11. The number of pyridine rings is 2. The van der Waals surface area contributed by atoms with Crippen LogP contribution in [0, 0.1) is 0 Å². The van der Waals surface area contributed by atoms with Gasteiger partial charge < -0.3 is 24.4 Å². The SMILES string of the molecule is COc1ccc(CNc2ncnc3c2c(-c2ccn(C)n2)cn3-c2cncc(COC(=O)Nc3cccc(N4CCC4)n3)c2)c(OC)c1. The van der Waals surface area contributed by atoms with E-state index < -0.39 is 6.09 Å². The van der Waals surface area contributed by atoms with Crippen molar-refractivity contribution < 1.29 is 19.0 Å². The second kappa shape index (κ2) is 13.3. The topological polar surface area (TPSA) is 146 Å². The number of carbonyl (C=O) groups is 1. The predicted octanol–water partition coefficient (Wildman–Crippen LogP) is 5.20. The fourth-order valence-electron chi connectivity index (χ4n) is 5.51. The Balaban J connectivity index is 1.14. The Morgan fingerprint density at radius 2 is 1.92 bits per heavy atom. The minimum atomic E-state index is -0.602. The summed E-state index contributed by atoms with van der Waals surface area (Å²) >= 11 is 0. The molecule has 0 radical (unpaired) electrons. The molecule has 0 aliphatic carbocycles. The predicted molar refractivity (Wildman–Crippen MR) is 181 cm³/mol. The minimum Gasteiger partial charge on any atom is -0.497 e. The van der Waals surface area contributed by atoms with E-state index in [0.29, 0.717) is 40.9 Å². The van der Waals surface area contributed by atoms with Crippen LogP contribution in [0.4, 0.5) is 22.2 Å². The van der Waals surface area contributed by atoms with Gasteiger partial charge in [-0.25, -0.2) is 19.7 Å². The van der Waals surface area contributed by atoms with Gasteiger partial charge in [0.25, 0.3) is 0 Å². The second-order valence-corrected chi connectivity index (χ2v) is 11.2. The van der Waals surface area contributed by atoms with Gasteiger partial charge in [-0.15, -0.1) is 0 Å². The van der Waals surface area contributed by atoms with Crippen LogP contribution in [0.25, 0.3) is 28.0 Å². The fourth-order valence-corrected chi connectivity index (χ4v) is 5.51. The number of nitrogens with zero attached hydrogens (tertiary/aromatic N) is 8. The van der Waals surface area contributed by atoms with Gasteiger partial charge in [0.05, 0.1) is 37.2 Å². The molecule has 1 saturated heterocycles. The van der Waals surface area contributed by atoms with E-state index in [2.05, 4.69) is 40.6 Å². The molecule has 0 bridgehead atoms. The number of anilines is 3. The number of ether oxygens (including phenoxy) is 3. The third-order valence-electron chi connectivity index (χ3n) is 8.09. The number of amides is 1. The summed E-state index contributed by atoms with van der Waals surface area (Å²) in [6.07, 6.45) is 9.30. The largest absolute Gasteiger partial charge is 0.497 e. The molecule has 1 fully saturated rings. The average Bonchev–Trinajstić information content (AvgIpc) is 3.70. The van der Waals surface area contributed by atoms with Crippen molar-refractivity contribution in [1.82, 2.24) is 34.3 Å². The summed E-state index contributed by atoms with van der Waals surface area (Å²) in [6.45, 7) is 2.39. The highest BCUT2D eigenvalue weighted by Crippen LogP contribution is 2.35. The number of aryl methyl sites for hydroxylation is 1. The van der Waals surface area contributed by atoms with E-state index in [1.165, 1.54) is 6.33 Å². The molecule has 6 heterocycles. The standard InChI is InChI=1S/C34H34N10O4/c1-42-13-10-27(41-42)26-19-44(33-31(26)32(37-21-38-33)36-17-23-8-9-25(46-2)15-28(23)47-3)24-14-22(16-35-18-24)20-48-34(45)40-29-6-4-7-30(39-29)43-11-5-12-43/h4,6-10,13-16,18-19,21H,5,11-12,17,20H2,1-3H3,(H,36,37,38)(H,39,40,45). The zero-order chi connectivity index (χ0) is 33.0. The zero-order valence-corrected chi connectivity index (χ0v) is 26.8. The van der Waals surface area contributed by atoms with Crippen LogP contribution in [0.2, 0.25) is 0 Å². The second-order valence-electron chi connectivity index (χ2n) is 11.2. The summed E-state index contributed by atoms with van der Waals surface area (Å²) in [5.74, 6) is 3.31. The van der Waals surface area contributed by atoms with Crippen LogP contribution in [0.1, 0.15) is 17.5 Å². The highest BCUT2D eigenvalue weighted by molar-refractivity contribution is 6.01. The number of carbonyl (C=O) groups excluding carboxylic acids is 1. The molecule has 0 spiro atoms. The molecule has 0 unspecified atom stereocenters. The molecular weight excluding hydrogens is 612 g/mol. The van der Waals surface area contributed by atoms with Crippen LogP contribution in [0.3, 0.4) is 0 Å². The number of fused-ring (bicyclic) bond motifs is 1. The van der Waals surface area contributed by atoms with Gasteiger partial charge in [-0.3, -0.25) is 19.5 Å². The van der Waals surface area contributed by atoms with Crippen LogP contribution in [0.5, 0.6) is 11.5 Å². The summed E-state index contributed by atoms with van der Waals surface area (Å²) in [4.78, 5) is 33.0. The summed E-state index contributed by atoms with van der Waals surface area (Å²) in [5, 5.41) is 11.6. The molecule has 48 heavy (non-hydrogen) atoms. The first-order valence-electron chi connectivity index (χ1n) is 15.4. The molecule has 14 heteroatoms. The Kier molecular flexibility index (Phi) is 8.43. The van der Waals surface area contributed by atoms with Crippen molar-refractivity contribution in [3.63, 3.8) is 0 Å². The van der Waals surface area contributed by atoms with Gasteiger partial charge in [-0.2, -0.15) is 5.10 Å². The molecule has 1 aliphatic rings. The molecule has 7 rings (SSSR count). The van der Waals surface area contributed by atoms with Gasteiger partial charge in [-0.1, -0.05) is 6.07 Å². The van der Waals surface area contributed by atoms with E-state index in [0.717, 1.165) is 53.2 Å². The van der Waals surface area contributed by atoms with Gasteiger partial charge in [0.15, 0.2) is 5.65 Å². The van der Waals surface area contributed by atoms with Gasteiger partial charge in [0, 0.05) is 68.0 Å². The molecule has 2 N–H and O–H groups in total. The van der Waals surface area contributed by atoms with Crippen molar-refractivity contribution in [1.29, 1.82) is 0 Å². The lowest BCUT2D eigenvalue weighted by atomic mass is 10.1. The molecule has 5 aromatic heterocycles. The van der Waals surface area contributed by atoms with E-state index in [9.17, 15) is 4.79 Å². The lowest BCUT2D eigenvalue weighted by Gasteiger charge is -2.32. The Hall–Kier alpha value is -6.18. The van der Waals surface area contributed by atoms with Crippen molar-refractivity contribution in [3.8, 4) is 28.4 Å². The molecule has 14 nitrogen and oxygen atoms in total. The van der Waals surface area contributed by atoms with Crippen molar-refractivity contribution in [3.05, 3.63) is 90.8 Å². The average molecular weight is 647 g/mol. The first kappa shape index (κ1) is 30.5. The first-order chi connectivity index (χ1) is 23.5. The summed E-state index contributed by atoms with van der Waals surface area (Å²) in [6, 6.07) is 15.1. The first-order valence-corrected chi connectivity index (χ1v) is 15.4. The number of aromatic nitrogens is 7. The lowest BCUT2D eigenvalue weighted by Crippen LogP contribution is -2.37. The van der Waals surface area contributed by atoms with Crippen molar-refractivity contribution in [2.75, 3.05) is 42.8 Å². The van der Waals surface area contributed by atoms with E-state index >= 15 is 0 Å². The highest BCUT2D eigenvalue weighted by atomic mass is 16.5. The van der Waals surface area contributed by atoms with E-state index in [1.807, 2.05) is 66.5 Å². The quantitative estimate of drug-likeness (QED) is 0.192. The highest BCUT2D eigenvalue weighted by Gasteiger charge is 2.20. The molecule has 1 amide bonds. The van der Waals surface area contributed by atoms with Crippen molar-refractivity contribution >= 4 is 34.6 Å². The van der Waals surface area contributed by atoms with E-state index in [1.54, 1.807) is 37.4 Å². The monoisotopic (exact) mass is 646 g/mol. The van der Waals surface area contributed by atoms with Crippen LogP contribution < -0.4 is 25.0 Å². The van der Waals surface area contributed by atoms with Gasteiger partial charge >= 0.3 is 6.09 Å². The van der Waals surface area contributed by atoms with Gasteiger partial charge in [-0.05, 0) is 42.8 Å². The van der Waals surface area contributed by atoms with E-state index in [4.69, 9.17) is 14.2 Å². The Morgan fingerprint density at radius 3 is 2.69 bits per heavy atom. The number of nitrogens with one attached hydrogen (secondary N) is 2. The van der Waals surface area contributed by atoms with Crippen molar-refractivity contribution in [2.45, 2.75) is 19.6 Å².